The van der Waals surface area contributed by atoms with Crippen LogP contribution in [0.5, 0.6) is 0 Å². The van der Waals surface area contributed by atoms with Gasteiger partial charge in [-0.3, -0.25) is 0 Å². The van der Waals surface area contributed by atoms with E-state index in [4.69, 9.17) is 18.5 Å². The van der Waals surface area contributed by atoms with Gasteiger partial charge in [-0.05, 0) is 22.0 Å². The quantitative estimate of drug-likeness (QED) is 0.111. The third-order valence-corrected chi connectivity index (χ3v) is 8.03. The molecule has 0 aromatic rings. The van der Waals surface area contributed by atoms with Gasteiger partial charge in [-0.25, -0.2) is 0 Å². The molecular weight excluding hydrogens is 626 g/mol. The van der Waals surface area contributed by atoms with Crippen LogP contribution in [-0.2, 0) is 27.7 Å². The lowest BCUT2D eigenvalue weighted by molar-refractivity contribution is 0.00913. The second kappa shape index (κ2) is 12.7. The minimum atomic E-state index is -1.86. The van der Waals surface area contributed by atoms with Crippen molar-refractivity contribution in [2.75, 3.05) is 25.5 Å². The number of rotatable bonds is 12. The molecule has 2 saturated heterocycles. The Bertz CT molecular complexity index is 531. The maximum Gasteiger partial charge on any atom is 0.508 e. The zero-order chi connectivity index (χ0) is 19.8. The summed E-state index contributed by atoms with van der Waals surface area (Å²) < 4.78 is 45.2. The number of nitroso groups, excluding NO2 is 1. The number of hydrogen-bond donors (Lipinski definition) is 1. The number of halogens is 2. The standard InChI is InChI=1S/C14H23I2NO8P2/c15-13-5-9(17-19)11(24-13)7-22-26(20)3-1-2-4-27(21)23-8-12-10(18)6-14(16)25-12/h9-14,18H,1-8H2/q+2/t9-,10-,11-,12-,13-,14-/m1/s1. The van der Waals surface area contributed by atoms with E-state index >= 15 is 0 Å². The summed E-state index contributed by atoms with van der Waals surface area (Å²) in [5.74, 6) is 0. The smallest absolute Gasteiger partial charge is 0.390 e. The average molecular weight is 649 g/mol. The van der Waals surface area contributed by atoms with Gasteiger partial charge in [-0.2, -0.15) is 4.91 Å². The third-order valence-electron chi connectivity index (χ3n) is 4.19. The van der Waals surface area contributed by atoms with Gasteiger partial charge in [-0.15, -0.1) is 9.05 Å². The largest absolute Gasteiger partial charge is 0.508 e. The van der Waals surface area contributed by atoms with Gasteiger partial charge in [0.15, 0.2) is 12.3 Å². The van der Waals surface area contributed by atoms with Crippen LogP contribution in [0.15, 0.2) is 5.18 Å². The first-order valence-corrected chi connectivity index (χ1v) is 13.9. The summed E-state index contributed by atoms with van der Waals surface area (Å²) in [6.07, 6.45) is 1.52. The summed E-state index contributed by atoms with van der Waals surface area (Å²) >= 11 is 4.18. The topological polar surface area (TPSA) is 121 Å². The van der Waals surface area contributed by atoms with Gasteiger partial charge < -0.3 is 14.6 Å². The summed E-state index contributed by atoms with van der Waals surface area (Å²) in [6.45, 7) is 0.197. The molecule has 2 heterocycles. The molecule has 0 aromatic carbocycles. The van der Waals surface area contributed by atoms with Crippen molar-refractivity contribution < 1.29 is 32.8 Å². The van der Waals surface area contributed by atoms with Crippen molar-refractivity contribution in [3.05, 3.63) is 4.91 Å². The first-order valence-electron chi connectivity index (χ1n) is 8.63. The Labute approximate surface area is 187 Å². The third kappa shape index (κ3) is 8.75. The molecule has 0 bridgehead atoms. The molecule has 0 aromatic heterocycles. The summed E-state index contributed by atoms with van der Waals surface area (Å²) in [7, 11) is -3.69. The predicted octanol–water partition coefficient (Wildman–Crippen LogP) is 3.88. The van der Waals surface area contributed by atoms with Crippen LogP contribution in [-0.4, -0.2) is 63.2 Å². The molecule has 2 fully saturated rings. The number of nitrogens with zero attached hydrogens (tertiary/aromatic N) is 1. The first kappa shape index (κ1) is 24.3. The normalized spacial score (nSPS) is 34.6. The van der Waals surface area contributed by atoms with Crippen LogP contribution in [0, 0.1) is 4.91 Å². The molecule has 13 heteroatoms. The maximum absolute atomic E-state index is 11.9. The highest BCUT2D eigenvalue weighted by molar-refractivity contribution is 14.1. The molecule has 0 spiro atoms. The van der Waals surface area contributed by atoms with E-state index in [1.54, 1.807) is 0 Å². The Morgan fingerprint density at radius 2 is 1.48 bits per heavy atom. The van der Waals surface area contributed by atoms with Crippen molar-refractivity contribution in [3.63, 3.8) is 0 Å². The van der Waals surface area contributed by atoms with E-state index in [0.29, 0.717) is 38.0 Å². The monoisotopic (exact) mass is 649 g/mol. The number of alkyl halides is 2. The highest BCUT2D eigenvalue weighted by Crippen LogP contribution is 2.33. The Hall–Kier alpha value is 1.06. The summed E-state index contributed by atoms with van der Waals surface area (Å²) in [6, 6.07) is -0.457. The predicted molar refractivity (Wildman–Crippen MR) is 116 cm³/mol. The molecule has 2 aliphatic rings. The molecule has 9 nitrogen and oxygen atoms in total. The van der Waals surface area contributed by atoms with Gasteiger partial charge in [0, 0.05) is 12.8 Å². The van der Waals surface area contributed by atoms with Crippen molar-refractivity contribution in [2.24, 2.45) is 5.18 Å². The Morgan fingerprint density at radius 1 is 0.963 bits per heavy atom. The van der Waals surface area contributed by atoms with Crippen molar-refractivity contribution in [1.82, 2.24) is 0 Å². The Balaban J connectivity index is 1.51. The lowest BCUT2D eigenvalue weighted by atomic mass is 10.2. The zero-order valence-corrected chi connectivity index (χ0v) is 20.6. The first-order chi connectivity index (χ1) is 12.9. The van der Waals surface area contributed by atoms with Crippen molar-refractivity contribution in [1.29, 1.82) is 0 Å². The van der Waals surface area contributed by atoms with Crippen LogP contribution in [0.4, 0.5) is 0 Å². The maximum atomic E-state index is 11.9. The molecule has 2 rings (SSSR count). The fraction of sp³-hybridized carbons (Fsp3) is 1.00. The van der Waals surface area contributed by atoms with E-state index in [9.17, 15) is 19.1 Å². The molecule has 0 radical (unpaired) electrons. The molecule has 2 aliphatic heterocycles. The van der Waals surface area contributed by atoms with Crippen LogP contribution in [0.25, 0.3) is 0 Å². The lowest BCUT2D eigenvalue weighted by Gasteiger charge is -2.09. The molecule has 154 valence electrons. The Morgan fingerprint density at radius 3 is 2.00 bits per heavy atom. The Kier molecular flexibility index (Phi) is 11.4. The van der Waals surface area contributed by atoms with Gasteiger partial charge in [0.1, 0.15) is 39.7 Å². The van der Waals surface area contributed by atoms with Gasteiger partial charge in [0.25, 0.3) is 0 Å². The fourth-order valence-corrected chi connectivity index (χ4v) is 6.34. The van der Waals surface area contributed by atoms with E-state index in [1.165, 1.54) is 0 Å². The molecule has 0 aliphatic carbocycles. The van der Waals surface area contributed by atoms with E-state index in [1.807, 2.05) is 0 Å². The van der Waals surface area contributed by atoms with Crippen LogP contribution < -0.4 is 0 Å². The highest BCUT2D eigenvalue weighted by atomic mass is 127. The summed E-state index contributed by atoms with van der Waals surface area (Å²) in [5, 5.41) is 12.8. The van der Waals surface area contributed by atoms with Crippen LogP contribution >= 0.6 is 61.2 Å². The minimum Gasteiger partial charge on any atom is -0.390 e. The molecule has 0 amide bonds. The van der Waals surface area contributed by atoms with E-state index in [-0.39, 0.29) is 21.4 Å². The minimum absolute atomic E-state index is 0.0460. The number of aliphatic hydroxyl groups is 1. The van der Waals surface area contributed by atoms with Gasteiger partial charge >= 0.3 is 16.1 Å². The number of hydrogen-bond acceptors (Lipinski definition) is 9. The average Bonchev–Trinajstić information content (AvgIpc) is 3.15. The van der Waals surface area contributed by atoms with Crippen LogP contribution in [0.1, 0.15) is 25.7 Å². The van der Waals surface area contributed by atoms with Gasteiger partial charge in [0.05, 0.1) is 6.10 Å². The number of unbranched alkanes of at least 4 members (excludes halogenated alkanes) is 1. The molecule has 1 N–H and O–H groups in total. The second-order valence-electron chi connectivity index (χ2n) is 6.29. The molecular formula is C14H23I2NO8P2+2. The SMILES string of the molecule is O=N[C@@H]1C[C@H](I)O[C@@H]1CO[P+](=O)CCCC[P+](=O)OC[C@H]1O[C@@H](I)C[C@H]1O. The van der Waals surface area contributed by atoms with Crippen LogP contribution in [0.3, 0.4) is 0 Å². The molecule has 0 saturated carbocycles. The van der Waals surface area contributed by atoms with E-state index < -0.39 is 40.4 Å². The zero-order valence-electron chi connectivity index (χ0n) is 14.5. The van der Waals surface area contributed by atoms with E-state index in [0.717, 1.165) is 0 Å². The number of aliphatic hydroxyl groups excluding tert-OH is 1. The molecule has 8 atom stereocenters. The summed E-state index contributed by atoms with van der Waals surface area (Å²) in [5.41, 5.74) is 0. The van der Waals surface area contributed by atoms with Crippen LogP contribution in [0.2, 0.25) is 0 Å². The highest BCUT2D eigenvalue weighted by Gasteiger charge is 2.37. The second-order valence-corrected chi connectivity index (χ2v) is 11.8. The van der Waals surface area contributed by atoms with E-state index in [2.05, 4.69) is 50.4 Å². The molecule has 2 unspecified atom stereocenters. The van der Waals surface area contributed by atoms with Crippen molar-refractivity contribution in [2.45, 2.75) is 58.3 Å². The summed E-state index contributed by atoms with van der Waals surface area (Å²) in [4.78, 5) is 10.7. The van der Waals surface area contributed by atoms with Crippen molar-refractivity contribution >= 4 is 61.2 Å². The number of ether oxygens (including phenoxy) is 2. The van der Waals surface area contributed by atoms with Gasteiger partial charge in [-0.1, -0.05) is 50.4 Å². The van der Waals surface area contributed by atoms with Crippen molar-refractivity contribution in [3.8, 4) is 0 Å². The lowest BCUT2D eigenvalue weighted by Crippen LogP contribution is -2.25. The molecule has 27 heavy (non-hydrogen) atoms. The fourth-order valence-electron chi connectivity index (χ4n) is 2.69. The van der Waals surface area contributed by atoms with Gasteiger partial charge in [0.2, 0.25) is 0 Å².